The van der Waals surface area contributed by atoms with Crippen LogP contribution in [0.25, 0.3) is 5.57 Å². The highest BCUT2D eigenvalue weighted by molar-refractivity contribution is 7.11. The van der Waals surface area contributed by atoms with Gasteiger partial charge in [0.1, 0.15) is 5.75 Å². The van der Waals surface area contributed by atoms with Crippen LogP contribution in [0.2, 0.25) is 0 Å². The lowest BCUT2D eigenvalue weighted by Gasteiger charge is -2.32. The smallest absolute Gasteiger partial charge is 0.343 e. The Morgan fingerprint density at radius 3 is 2.42 bits per heavy atom. The molecule has 2 aromatic carbocycles. The molecule has 1 aromatic heterocycles. The largest absolute Gasteiger partial charge is 0.462 e. The first-order chi connectivity index (χ1) is 14.9. The lowest BCUT2D eigenvalue weighted by molar-refractivity contribution is 0.0526. The van der Waals surface area contributed by atoms with E-state index in [0.717, 1.165) is 17.6 Å². The van der Waals surface area contributed by atoms with Gasteiger partial charge in [0.05, 0.1) is 17.7 Å². The zero-order valence-electron chi connectivity index (χ0n) is 17.8. The van der Waals surface area contributed by atoms with Crippen molar-refractivity contribution in [2.24, 2.45) is 0 Å². The first kappa shape index (κ1) is 21.1. The molecule has 0 amide bonds. The molecule has 0 N–H and O–H groups in total. The number of carbonyl (C=O) groups is 2. The van der Waals surface area contributed by atoms with E-state index < -0.39 is 11.9 Å². The molecule has 0 fully saturated rings. The molecule has 5 heteroatoms. The molecule has 0 aliphatic heterocycles. The van der Waals surface area contributed by atoms with Gasteiger partial charge in [0.25, 0.3) is 0 Å². The summed E-state index contributed by atoms with van der Waals surface area (Å²) in [5.41, 5.74) is 4.38. The number of ether oxygens (including phenoxy) is 2. The van der Waals surface area contributed by atoms with E-state index in [0.29, 0.717) is 23.5 Å². The van der Waals surface area contributed by atoms with Crippen LogP contribution in [0.1, 0.15) is 63.9 Å². The monoisotopic (exact) mass is 432 g/mol. The highest BCUT2D eigenvalue weighted by Crippen LogP contribution is 2.42. The van der Waals surface area contributed by atoms with Crippen molar-refractivity contribution in [3.05, 3.63) is 93.2 Å². The van der Waals surface area contributed by atoms with E-state index in [1.807, 2.05) is 24.3 Å². The molecule has 0 radical (unpaired) electrons. The summed E-state index contributed by atoms with van der Waals surface area (Å²) in [7, 11) is 0. The predicted molar refractivity (Wildman–Crippen MR) is 123 cm³/mol. The molecule has 31 heavy (non-hydrogen) atoms. The molecular weight excluding hydrogens is 408 g/mol. The lowest BCUT2D eigenvalue weighted by atomic mass is 9.73. The van der Waals surface area contributed by atoms with E-state index in [1.54, 1.807) is 42.5 Å². The summed E-state index contributed by atoms with van der Waals surface area (Å²) in [5.74, 6) is -0.448. The Kier molecular flexibility index (Phi) is 5.79. The zero-order valence-corrected chi connectivity index (χ0v) is 18.6. The number of benzene rings is 2. The average molecular weight is 433 g/mol. The first-order valence-corrected chi connectivity index (χ1v) is 11.2. The van der Waals surface area contributed by atoms with E-state index in [1.165, 1.54) is 10.4 Å². The van der Waals surface area contributed by atoms with Crippen LogP contribution in [-0.2, 0) is 10.2 Å². The number of allylic oxidation sites excluding steroid dienone is 1. The van der Waals surface area contributed by atoms with Gasteiger partial charge in [0, 0.05) is 4.88 Å². The van der Waals surface area contributed by atoms with Crippen LogP contribution in [0, 0.1) is 0 Å². The number of esters is 2. The zero-order chi connectivity index (χ0) is 22.0. The molecule has 1 aliphatic rings. The molecule has 0 atom stereocenters. The normalized spacial score (nSPS) is 14.4. The standard InChI is InChI=1S/C26H24O4S/c1-4-29-24(27)17-7-10-19(11-8-17)30-25(28)18-9-12-22-21(16-18)20(13-14-26(22,2)3)23-6-5-15-31-23/h5-13,15-16H,4,14H2,1-3H3. The first-order valence-electron chi connectivity index (χ1n) is 10.3. The second-order valence-electron chi connectivity index (χ2n) is 8.08. The van der Waals surface area contributed by atoms with Crippen molar-refractivity contribution in [1.29, 1.82) is 0 Å². The SMILES string of the molecule is CCOC(=O)c1ccc(OC(=O)c2ccc3c(c2)C(c2cccs2)=CCC3(C)C)cc1. The van der Waals surface area contributed by atoms with Crippen LogP contribution in [0.15, 0.2) is 66.1 Å². The molecule has 4 nitrogen and oxygen atoms in total. The van der Waals surface area contributed by atoms with Gasteiger partial charge in [0.2, 0.25) is 0 Å². The fourth-order valence-electron chi connectivity index (χ4n) is 3.77. The number of hydrogen-bond acceptors (Lipinski definition) is 5. The summed E-state index contributed by atoms with van der Waals surface area (Å²) in [6, 6.07) is 16.3. The van der Waals surface area contributed by atoms with Crippen LogP contribution in [0.4, 0.5) is 0 Å². The Labute approximate surface area is 186 Å². The van der Waals surface area contributed by atoms with E-state index in [-0.39, 0.29) is 5.41 Å². The lowest BCUT2D eigenvalue weighted by Crippen LogP contribution is -2.22. The van der Waals surface area contributed by atoms with Crippen molar-refractivity contribution in [2.45, 2.75) is 32.6 Å². The summed E-state index contributed by atoms with van der Waals surface area (Å²) in [5, 5.41) is 2.06. The van der Waals surface area contributed by atoms with Crippen LogP contribution < -0.4 is 4.74 Å². The van der Waals surface area contributed by atoms with Crippen LogP contribution in [0.3, 0.4) is 0 Å². The molecule has 4 rings (SSSR count). The van der Waals surface area contributed by atoms with Gasteiger partial charge in [0.15, 0.2) is 0 Å². The highest BCUT2D eigenvalue weighted by atomic mass is 32.1. The van der Waals surface area contributed by atoms with Gasteiger partial charge >= 0.3 is 11.9 Å². The topological polar surface area (TPSA) is 52.6 Å². The molecule has 0 saturated carbocycles. The third-order valence-corrected chi connectivity index (χ3v) is 6.36. The molecule has 3 aromatic rings. The van der Waals surface area contributed by atoms with Crippen LogP contribution in [0.5, 0.6) is 5.75 Å². The molecule has 0 unspecified atom stereocenters. The highest BCUT2D eigenvalue weighted by Gasteiger charge is 2.29. The number of hydrogen-bond donors (Lipinski definition) is 0. The Morgan fingerprint density at radius 1 is 1.00 bits per heavy atom. The van der Waals surface area contributed by atoms with E-state index in [2.05, 4.69) is 31.4 Å². The van der Waals surface area contributed by atoms with Gasteiger partial charge in [-0.1, -0.05) is 32.1 Å². The molecule has 1 heterocycles. The van der Waals surface area contributed by atoms with Crippen molar-refractivity contribution >= 4 is 28.8 Å². The van der Waals surface area contributed by atoms with Crippen molar-refractivity contribution in [3.63, 3.8) is 0 Å². The molecule has 0 saturated heterocycles. The third-order valence-electron chi connectivity index (χ3n) is 5.45. The summed E-state index contributed by atoms with van der Waals surface area (Å²) in [4.78, 5) is 25.8. The van der Waals surface area contributed by atoms with Crippen molar-refractivity contribution in [2.75, 3.05) is 6.61 Å². The molecule has 158 valence electrons. The maximum absolute atomic E-state index is 12.8. The van der Waals surface area contributed by atoms with Crippen LogP contribution in [-0.4, -0.2) is 18.5 Å². The van der Waals surface area contributed by atoms with E-state index in [9.17, 15) is 9.59 Å². The fourth-order valence-corrected chi connectivity index (χ4v) is 4.55. The second kappa shape index (κ2) is 8.52. The molecule has 1 aliphatic carbocycles. The Bertz CT molecular complexity index is 1140. The summed E-state index contributed by atoms with van der Waals surface area (Å²) in [6.45, 7) is 6.51. The third kappa shape index (κ3) is 4.32. The molecule has 0 spiro atoms. The number of thiophene rings is 1. The minimum atomic E-state index is -0.430. The summed E-state index contributed by atoms with van der Waals surface area (Å²) < 4.78 is 10.5. The van der Waals surface area contributed by atoms with E-state index >= 15 is 0 Å². The number of rotatable bonds is 5. The fraction of sp³-hybridized carbons (Fsp3) is 0.231. The van der Waals surface area contributed by atoms with Gasteiger partial charge < -0.3 is 9.47 Å². The molecular formula is C26H24O4S. The predicted octanol–water partition coefficient (Wildman–Crippen LogP) is 6.26. The quantitative estimate of drug-likeness (QED) is 0.353. The maximum Gasteiger partial charge on any atom is 0.343 e. The minimum Gasteiger partial charge on any atom is -0.462 e. The second-order valence-corrected chi connectivity index (χ2v) is 9.03. The Hall–Kier alpha value is -3.18. The van der Waals surface area contributed by atoms with Crippen molar-refractivity contribution < 1.29 is 19.1 Å². The molecule has 0 bridgehead atoms. The minimum absolute atomic E-state index is 0.00144. The number of carbonyl (C=O) groups excluding carboxylic acids is 2. The van der Waals surface area contributed by atoms with Gasteiger partial charge in [-0.15, -0.1) is 11.3 Å². The average Bonchev–Trinajstić information content (AvgIpc) is 3.29. The van der Waals surface area contributed by atoms with Crippen molar-refractivity contribution in [1.82, 2.24) is 0 Å². The van der Waals surface area contributed by atoms with Crippen LogP contribution >= 0.6 is 11.3 Å². The van der Waals surface area contributed by atoms with Gasteiger partial charge in [-0.25, -0.2) is 9.59 Å². The van der Waals surface area contributed by atoms with Crippen molar-refractivity contribution in [3.8, 4) is 5.75 Å². The Balaban J connectivity index is 1.60. The summed E-state index contributed by atoms with van der Waals surface area (Å²) in [6.07, 6.45) is 3.21. The van der Waals surface area contributed by atoms with Gasteiger partial charge in [-0.3, -0.25) is 0 Å². The van der Waals surface area contributed by atoms with E-state index in [4.69, 9.17) is 9.47 Å². The maximum atomic E-state index is 12.8. The van der Waals surface area contributed by atoms with Gasteiger partial charge in [-0.2, -0.15) is 0 Å². The Morgan fingerprint density at radius 2 is 1.74 bits per heavy atom. The summed E-state index contributed by atoms with van der Waals surface area (Å²) >= 11 is 1.69. The number of fused-ring (bicyclic) bond motifs is 1. The van der Waals surface area contributed by atoms with Gasteiger partial charge in [-0.05, 0) is 83.3 Å².